The van der Waals surface area contributed by atoms with Gasteiger partial charge in [0.1, 0.15) is 24.4 Å². The number of hydrogen-bond acceptors (Lipinski definition) is 7. The second kappa shape index (κ2) is 6.95. The van der Waals surface area contributed by atoms with E-state index < -0.39 is 43.4 Å². The molecule has 6 unspecified atom stereocenters. The van der Waals surface area contributed by atoms with Crippen molar-refractivity contribution in [2.45, 2.75) is 36.8 Å². The Bertz CT molecular complexity index is 488. The first-order valence-electron chi connectivity index (χ1n) is 6.49. The van der Waals surface area contributed by atoms with E-state index in [0.717, 1.165) is 0 Å². The summed E-state index contributed by atoms with van der Waals surface area (Å²) in [4.78, 5) is 0. The molecule has 0 spiro atoms. The third kappa shape index (κ3) is 3.39. The van der Waals surface area contributed by atoms with Crippen molar-refractivity contribution in [1.82, 2.24) is 0 Å². The fourth-order valence-electron chi connectivity index (χ4n) is 2.20. The van der Waals surface area contributed by atoms with Crippen molar-refractivity contribution in [3.8, 4) is 6.07 Å². The van der Waals surface area contributed by atoms with E-state index >= 15 is 0 Å². The predicted molar refractivity (Wildman–Crippen MR) is 69.6 cm³/mol. The lowest BCUT2D eigenvalue weighted by Gasteiger charge is -2.40. The summed E-state index contributed by atoms with van der Waals surface area (Å²) in [6, 6.07) is 10.6. The molecule has 2 rings (SSSR count). The third-order valence-electron chi connectivity index (χ3n) is 3.35. The summed E-state index contributed by atoms with van der Waals surface area (Å²) >= 11 is 0. The van der Waals surface area contributed by atoms with Crippen LogP contribution < -0.4 is 0 Å². The lowest BCUT2D eigenvalue weighted by atomic mass is 9.98. The maximum absolute atomic E-state index is 9.97. The molecule has 21 heavy (non-hydrogen) atoms. The van der Waals surface area contributed by atoms with E-state index in [9.17, 15) is 25.7 Å². The van der Waals surface area contributed by atoms with Gasteiger partial charge in [0.2, 0.25) is 0 Å². The van der Waals surface area contributed by atoms with Crippen molar-refractivity contribution < 1.29 is 29.9 Å². The van der Waals surface area contributed by atoms with E-state index in [0.29, 0.717) is 5.56 Å². The fourth-order valence-corrected chi connectivity index (χ4v) is 2.20. The molecule has 0 saturated carbocycles. The molecular formula is C14H17NO6. The minimum atomic E-state index is -1.62. The second-order valence-electron chi connectivity index (χ2n) is 4.75. The smallest absolute Gasteiger partial charge is 0.184 e. The number of rotatable bonds is 4. The summed E-state index contributed by atoms with van der Waals surface area (Å²) in [5.74, 6) is 0. The molecule has 4 N–H and O–H groups in total. The van der Waals surface area contributed by atoms with Crippen LogP contribution in [0.15, 0.2) is 30.3 Å². The lowest BCUT2D eigenvalue weighted by molar-refractivity contribution is -0.298. The van der Waals surface area contributed by atoms with Crippen LogP contribution in [-0.2, 0) is 9.47 Å². The molecule has 1 aromatic carbocycles. The predicted octanol–water partition coefficient (Wildman–Crippen LogP) is -0.932. The molecule has 1 heterocycles. The first-order chi connectivity index (χ1) is 10.1. The third-order valence-corrected chi connectivity index (χ3v) is 3.35. The molecule has 0 radical (unpaired) electrons. The van der Waals surface area contributed by atoms with Gasteiger partial charge in [0.05, 0.1) is 12.7 Å². The Balaban J connectivity index is 2.17. The fraction of sp³-hybridized carbons (Fsp3) is 0.500. The van der Waals surface area contributed by atoms with Crippen LogP contribution in [0.3, 0.4) is 0 Å². The Morgan fingerprint density at radius 1 is 1.19 bits per heavy atom. The topological polar surface area (TPSA) is 123 Å². The quantitative estimate of drug-likeness (QED) is 0.565. The van der Waals surface area contributed by atoms with Crippen molar-refractivity contribution in [2.75, 3.05) is 6.61 Å². The first kappa shape index (κ1) is 15.9. The highest BCUT2D eigenvalue weighted by Gasteiger charge is 2.45. The van der Waals surface area contributed by atoms with E-state index in [1.165, 1.54) is 0 Å². The van der Waals surface area contributed by atoms with Gasteiger partial charge in [-0.05, 0) is 5.56 Å². The van der Waals surface area contributed by atoms with Gasteiger partial charge in [0, 0.05) is 0 Å². The van der Waals surface area contributed by atoms with Crippen molar-refractivity contribution in [2.24, 2.45) is 0 Å². The first-order valence-corrected chi connectivity index (χ1v) is 6.49. The number of aliphatic hydroxyl groups is 4. The molecule has 0 bridgehead atoms. The summed E-state index contributed by atoms with van der Waals surface area (Å²) in [5.41, 5.74) is 0.574. The monoisotopic (exact) mass is 295 g/mol. The SMILES string of the molecule is N#CC(OC1C(CO)OC(O)C(O)C1O)c1ccccc1. The standard InChI is InChI=1S/C14H17NO6/c15-6-9(8-4-2-1-3-5-8)20-13-10(7-16)21-14(19)12(18)11(13)17/h1-5,9-14,16-19H,7H2. The zero-order chi connectivity index (χ0) is 15.4. The Morgan fingerprint density at radius 3 is 2.43 bits per heavy atom. The molecule has 1 aromatic rings. The highest BCUT2D eigenvalue weighted by atomic mass is 16.7. The minimum absolute atomic E-state index is 0.529. The van der Waals surface area contributed by atoms with Gasteiger partial charge in [0.15, 0.2) is 12.4 Å². The van der Waals surface area contributed by atoms with Gasteiger partial charge >= 0.3 is 0 Å². The van der Waals surface area contributed by atoms with Gasteiger partial charge < -0.3 is 29.9 Å². The number of aliphatic hydroxyl groups excluding tert-OH is 4. The van der Waals surface area contributed by atoms with Crippen molar-refractivity contribution in [3.63, 3.8) is 0 Å². The molecule has 114 valence electrons. The van der Waals surface area contributed by atoms with Crippen LogP contribution in [0.2, 0.25) is 0 Å². The van der Waals surface area contributed by atoms with E-state index in [4.69, 9.17) is 9.47 Å². The van der Waals surface area contributed by atoms with Crippen LogP contribution in [0.25, 0.3) is 0 Å². The zero-order valence-electron chi connectivity index (χ0n) is 11.1. The number of ether oxygens (including phenoxy) is 2. The molecule has 0 aromatic heterocycles. The molecule has 1 saturated heterocycles. The van der Waals surface area contributed by atoms with Crippen LogP contribution in [0.1, 0.15) is 11.7 Å². The van der Waals surface area contributed by atoms with Crippen LogP contribution in [-0.4, -0.2) is 57.7 Å². The van der Waals surface area contributed by atoms with Crippen LogP contribution in [0, 0.1) is 11.3 Å². The summed E-state index contributed by atoms with van der Waals surface area (Å²) < 4.78 is 10.5. The highest BCUT2D eigenvalue weighted by molar-refractivity contribution is 5.22. The van der Waals surface area contributed by atoms with E-state index in [-0.39, 0.29) is 0 Å². The molecule has 6 atom stereocenters. The summed E-state index contributed by atoms with van der Waals surface area (Å²) in [6.45, 7) is -0.529. The number of nitriles is 1. The van der Waals surface area contributed by atoms with Crippen LogP contribution in [0.5, 0.6) is 0 Å². The molecule has 1 aliphatic rings. The molecular weight excluding hydrogens is 278 g/mol. The largest absolute Gasteiger partial charge is 0.394 e. The van der Waals surface area contributed by atoms with Gasteiger partial charge in [0.25, 0.3) is 0 Å². The van der Waals surface area contributed by atoms with Crippen molar-refractivity contribution >= 4 is 0 Å². The summed E-state index contributed by atoms with van der Waals surface area (Å²) in [6.07, 6.45) is -7.85. The van der Waals surface area contributed by atoms with E-state index in [2.05, 4.69) is 0 Å². The maximum atomic E-state index is 9.97. The summed E-state index contributed by atoms with van der Waals surface area (Å²) in [5, 5.41) is 47.4. The molecule has 7 heteroatoms. The average Bonchev–Trinajstić information content (AvgIpc) is 2.52. The summed E-state index contributed by atoms with van der Waals surface area (Å²) in [7, 11) is 0. The number of nitrogens with zero attached hydrogens (tertiary/aromatic N) is 1. The molecule has 0 aliphatic carbocycles. The van der Waals surface area contributed by atoms with Gasteiger partial charge in [-0.2, -0.15) is 5.26 Å². The number of hydrogen-bond donors (Lipinski definition) is 4. The molecule has 1 aliphatic heterocycles. The van der Waals surface area contributed by atoms with Gasteiger partial charge in [-0.3, -0.25) is 0 Å². The Labute approximate surface area is 121 Å². The molecule has 0 amide bonds. The lowest BCUT2D eigenvalue weighted by Crippen LogP contribution is -2.59. The van der Waals surface area contributed by atoms with Crippen LogP contribution in [0.4, 0.5) is 0 Å². The molecule has 7 nitrogen and oxygen atoms in total. The molecule has 1 fully saturated rings. The number of benzene rings is 1. The Kier molecular flexibility index (Phi) is 5.25. The van der Waals surface area contributed by atoms with Crippen LogP contribution >= 0.6 is 0 Å². The highest BCUT2D eigenvalue weighted by Crippen LogP contribution is 2.27. The normalized spacial score (nSPS) is 34.1. The van der Waals surface area contributed by atoms with Crippen molar-refractivity contribution in [3.05, 3.63) is 35.9 Å². The van der Waals surface area contributed by atoms with Crippen molar-refractivity contribution in [1.29, 1.82) is 5.26 Å². The zero-order valence-corrected chi connectivity index (χ0v) is 11.1. The Morgan fingerprint density at radius 2 is 1.86 bits per heavy atom. The van der Waals surface area contributed by atoms with Gasteiger partial charge in [-0.15, -0.1) is 0 Å². The average molecular weight is 295 g/mol. The van der Waals surface area contributed by atoms with Gasteiger partial charge in [-0.25, -0.2) is 0 Å². The minimum Gasteiger partial charge on any atom is -0.394 e. The van der Waals surface area contributed by atoms with Gasteiger partial charge in [-0.1, -0.05) is 30.3 Å². The Hall–Kier alpha value is -1.53. The second-order valence-corrected chi connectivity index (χ2v) is 4.75. The van der Waals surface area contributed by atoms with E-state index in [1.807, 2.05) is 6.07 Å². The maximum Gasteiger partial charge on any atom is 0.184 e. The van der Waals surface area contributed by atoms with E-state index in [1.54, 1.807) is 30.3 Å².